The van der Waals surface area contributed by atoms with Crippen molar-refractivity contribution in [3.63, 3.8) is 0 Å². The number of hydrogen-bond donors (Lipinski definition) is 1. The maximum absolute atomic E-state index is 13.0. The zero-order valence-corrected chi connectivity index (χ0v) is 21.1. The molecular weight excluding hydrogens is 600 g/mol. The number of amides is 3. The van der Waals surface area contributed by atoms with Gasteiger partial charge in [0.05, 0.1) is 26.8 Å². The number of imide groups is 1. The van der Waals surface area contributed by atoms with Crippen molar-refractivity contribution in [3.8, 4) is 11.5 Å². The highest BCUT2D eigenvalue weighted by Crippen LogP contribution is 2.36. The maximum Gasteiger partial charge on any atom is 0.416 e. The van der Waals surface area contributed by atoms with Crippen LogP contribution in [0.2, 0.25) is 0 Å². The predicted octanol–water partition coefficient (Wildman–Crippen LogP) is 5.56. The minimum Gasteiger partial charge on any atom is -0.495 e. The Hall–Kier alpha value is -3.00. The van der Waals surface area contributed by atoms with Gasteiger partial charge in [-0.1, -0.05) is 18.7 Å². The first kappa shape index (κ1) is 26.6. The van der Waals surface area contributed by atoms with E-state index in [4.69, 9.17) is 9.47 Å². The van der Waals surface area contributed by atoms with Crippen molar-refractivity contribution >= 4 is 63.2 Å². The van der Waals surface area contributed by atoms with Crippen molar-refractivity contribution < 1.29 is 37.0 Å². The third-order valence-corrected chi connectivity index (χ3v) is 6.34. The molecular formula is C23H18F3IN2O5S. The molecule has 1 aliphatic heterocycles. The molecule has 7 nitrogen and oxygen atoms in total. The molecule has 0 saturated carbocycles. The number of nitrogens with zero attached hydrogens (tertiary/aromatic N) is 1. The summed E-state index contributed by atoms with van der Waals surface area (Å²) in [6, 6.07) is 7.79. The van der Waals surface area contributed by atoms with Gasteiger partial charge in [0.25, 0.3) is 11.1 Å². The summed E-state index contributed by atoms with van der Waals surface area (Å²) in [5, 5.41) is 1.60. The van der Waals surface area contributed by atoms with Gasteiger partial charge < -0.3 is 14.8 Å². The number of benzene rings is 2. The normalized spacial score (nSPS) is 14.9. The lowest BCUT2D eigenvalue weighted by molar-refractivity contribution is -0.137. The van der Waals surface area contributed by atoms with E-state index in [2.05, 4.69) is 34.5 Å². The Bertz CT molecular complexity index is 1220. The number of methoxy groups -OCH3 is 1. The van der Waals surface area contributed by atoms with Gasteiger partial charge in [-0.05, 0) is 76.3 Å². The lowest BCUT2D eigenvalue weighted by Gasteiger charge is -2.16. The van der Waals surface area contributed by atoms with E-state index in [0.29, 0.717) is 35.7 Å². The smallest absolute Gasteiger partial charge is 0.416 e. The fraction of sp³-hybridized carbons (Fsp3) is 0.174. The number of alkyl halides is 3. The Labute approximate surface area is 216 Å². The Morgan fingerprint density at radius 1 is 1.20 bits per heavy atom. The van der Waals surface area contributed by atoms with Crippen LogP contribution in [0, 0.1) is 3.57 Å². The van der Waals surface area contributed by atoms with Crippen LogP contribution in [-0.2, 0) is 15.8 Å². The van der Waals surface area contributed by atoms with Crippen LogP contribution in [0.5, 0.6) is 11.5 Å². The molecule has 0 radical (unpaired) electrons. The minimum atomic E-state index is -4.63. The molecule has 1 aliphatic rings. The molecule has 0 atom stereocenters. The molecule has 184 valence electrons. The maximum atomic E-state index is 13.0. The third kappa shape index (κ3) is 6.57. The quantitative estimate of drug-likeness (QED) is 0.237. The highest BCUT2D eigenvalue weighted by molar-refractivity contribution is 14.1. The standard InChI is InChI=1S/C23H18F3IN2O5S/c1-3-8-34-17-6-4-13(9-15(17)27)10-19-21(31)29(22(32)35-19)12-20(30)28-16-11-14(23(24,25)26)5-7-18(16)33-2/h3-7,9-11H,1,8,12H2,2H3,(H,28,30)/b19-10-. The van der Waals surface area contributed by atoms with E-state index in [-0.39, 0.29) is 16.3 Å². The van der Waals surface area contributed by atoms with E-state index in [1.807, 2.05) is 0 Å². The molecule has 1 fully saturated rings. The molecule has 1 N–H and O–H groups in total. The van der Waals surface area contributed by atoms with Gasteiger partial charge in [-0.3, -0.25) is 19.3 Å². The van der Waals surface area contributed by atoms with E-state index in [1.165, 1.54) is 13.2 Å². The lowest BCUT2D eigenvalue weighted by Crippen LogP contribution is -2.36. The lowest BCUT2D eigenvalue weighted by atomic mass is 10.1. The number of rotatable bonds is 8. The summed E-state index contributed by atoms with van der Waals surface area (Å²) < 4.78 is 50.4. The molecule has 2 aromatic rings. The number of carbonyl (C=O) groups excluding carboxylic acids is 3. The molecule has 12 heteroatoms. The van der Waals surface area contributed by atoms with Crippen molar-refractivity contribution in [1.82, 2.24) is 4.90 Å². The average Bonchev–Trinajstić information content (AvgIpc) is 3.05. The van der Waals surface area contributed by atoms with Crippen LogP contribution in [-0.4, -0.2) is 42.2 Å². The van der Waals surface area contributed by atoms with Crippen LogP contribution in [0.15, 0.2) is 54.0 Å². The number of hydrogen-bond acceptors (Lipinski definition) is 6. The van der Waals surface area contributed by atoms with Crippen molar-refractivity contribution in [2.75, 3.05) is 25.6 Å². The van der Waals surface area contributed by atoms with E-state index >= 15 is 0 Å². The average molecular weight is 618 g/mol. The molecule has 3 amide bonds. The Balaban J connectivity index is 1.73. The van der Waals surface area contributed by atoms with E-state index in [9.17, 15) is 27.6 Å². The SMILES string of the molecule is C=CCOc1ccc(/C=C2\SC(=O)N(CC(=O)Nc3cc(C(F)(F)F)ccc3OC)C2=O)cc1I. The number of nitrogens with one attached hydrogen (secondary N) is 1. The molecule has 1 heterocycles. The Kier molecular flexibility index (Phi) is 8.48. The number of thioether (sulfide) groups is 1. The van der Waals surface area contributed by atoms with Crippen LogP contribution in [0.25, 0.3) is 6.08 Å². The molecule has 2 aromatic carbocycles. The van der Waals surface area contributed by atoms with Gasteiger partial charge in [-0.15, -0.1) is 0 Å². The fourth-order valence-corrected chi connectivity index (χ4v) is 4.51. The molecule has 0 aromatic heterocycles. The van der Waals surface area contributed by atoms with E-state index in [0.717, 1.165) is 20.6 Å². The number of ether oxygens (including phenoxy) is 2. The van der Waals surface area contributed by atoms with Crippen LogP contribution < -0.4 is 14.8 Å². The largest absolute Gasteiger partial charge is 0.495 e. The zero-order chi connectivity index (χ0) is 25.8. The van der Waals surface area contributed by atoms with Crippen LogP contribution in [0.1, 0.15) is 11.1 Å². The zero-order valence-electron chi connectivity index (χ0n) is 18.1. The first-order valence-electron chi connectivity index (χ1n) is 9.87. The number of carbonyl (C=O) groups is 3. The molecule has 35 heavy (non-hydrogen) atoms. The summed E-state index contributed by atoms with van der Waals surface area (Å²) in [7, 11) is 1.23. The second-order valence-corrected chi connectivity index (χ2v) is 9.17. The van der Waals surface area contributed by atoms with Crippen molar-refractivity contribution in [2.45, 2.75) is 6.18 Å². The second-order valence-electron chi connectivity index (χ2n) is 7.02. The summed E-state index contributed by atoms with van der Waals surface area (Å²) in [5.41, 5.74) is -0.578. The van der Waals surface area contributed by atoms with Gasteiger partial charge >= 0.3 is 6.18 Å². The van der Waals surface area contributed by atoms with Crippen LogP contribution in [0.3, 0.4) is 0 Å². The summed E-state index contributed by atoms with van der Waals surface area (Å²) in [4.78, 5) is 38.4. The predicted molar refractivity (Wildman–Crippen MR) is 134 cm³/mol. The molecule has 3 rings (SSSR count). The molecule has 0 aliphatic carbocycles. The van der Waals surface area contributed by atoms with Crippen molar-refractivity contribution in [2.24, 2.45) is 0 Å². The topological polar surface area (TPSA) is 84.9 Å². The molecule has 0 unspecified atom stereocenters. The van der Waals surface area contributed by atoms with E-state index in [1.54, 1.807) is 24.3 Å². The van der Waals surface area contributed by atoms with Gasteiger partial charge in [-0.25, -0.2) is 0 Å². The molecule has 0 spiro atoms. The summed E-state index contributed by atoms with van der Waals surface area (Å²) >= 11 is 2.73. The van der Waals surface area contributed by atoms with E-state index < -0.39 is 35.3 Å². The summed E-state index contributed by atoms with van der Waals surface area (Å²) in [6.45, 7) is 3.25. The van der Waals surface area contributed by atoms with Crippen molar-refractivity contribution in [1.29, 1.82) is 0 Å². The Morgan fingerprint density at radius 2 is 1.91 bits per heavy atom. The summed E-state index contributed by atoms with van der Waals surface area (Å²) in [6.07, 6.45) is -1.51. The van der Waals surface area contributed by atoms with Crippen molar-refractivity contribution in [3.05, 3.63) is 68.7 Å². The van der Waals surface area contributed by atoms with Gasteiger partial charge in [-0.2, -0.15) is 13.2 Å². The summed E-state index contributed by atoms with van der Waals surface area (Å²) in [5.74, 6) is -0.912. The highest BCUT2D eigenvalue weighted by atomic mass is 127. The van der Waals surface area contributed by atoms with Crippen LogP contribution >= 0.6 is 34.4 Å². The first-order chi connectivity index (χ1) is 16.5. The minimum absolute atomic E-state index is 0.00416. The first-order valence-corrected chi connectivity index (χ1v) is 11.8. The second kappa shape index (κ2) is 11.2. The molecule has 0 bridgehead atoms. The third-order valence-electron chi connectivity index (χ3n) is 4.59. The van der Waals surface area contributed by atoms with Gasteiger partial charge in [0.2, 0.25) is 5.91 Å². The van der Waals surface area contributed by atoms with Gasteiger partial charge in [0, 0.05) is 0 Å². The fourth-order valence-electron chi connectivity index (χ4n) is 2.98. The number of anilines is 1. The van der Waals surface area contributed by atoms with Gasteiger partial charge in [0.1, 0.15) is 24.7 Å². The Morgan fingerprint density at radius 3 is 2.54 bits per heavy atom. The monoisotopic (exact) mass is 618 g/mol. The van der Waals surface area contributed by atoms with Crippen LogP contribution in [0.4, 0.5) is 23.7 Å². The number of halogens is 4. The van der Waals surface area contributed by atoms with Gasteiger partial charge in [0.15, 0.2) is 0 Å². The molecule has 1 saturated heterocycles. The highest BCUT2D eigenvalue weighted by Gasteiger charge is 2.37.